The molecular weight excluding hydrogens is 438 g/mol. The Morgan fingerprint density at radius 2 is 1.85 bits per heavy atom. The molecule has 3 aromatic rings. The van der Waals surface area contributed by atoms with Gasteiger partial charge in [-0.2, -0.15) is 4.98 Å². The first-order valence-corrected chi connectivity index (χ1v) is 12.4. The number of nitrogens with zero attached hydrogens (tertiary/aromatic N) is 2. The van der Waals surface area contributed by atoms with E-state index in [1.165, 1.54) is 6.26 Å². The molecule has 3 rings (SSSR count). The van der Waals surface area contributed by atoms with E-state index in [0.717, 1.165) is 11.3 Å². The van der Waals surface area contributed by atoms with Crippen LogP contribution in [0.3, 0.4) is 0 Å². The molecule has 0 bridgehead atoms. The summed E-state index contributed by atoms with van der Waals surface area (Å²) in [6.07, 6.45) is 2.99. The second kappa shape index (κ2) is 10.8. The molecule has 4 N–H and O–H groups in total. The lowest BCUT2D eigenvalue weighted by atomic mass is 10.2. The first-order chi connectivity index (χ1) is 15.8. The molecule has 2 atom stereocenters. The zero-order valence-corrected chi connectivity index (χ0v) is 19.6. The van der Waals surface area contributed by atoms with Crippen molar-refractivity contribution in [2.24, 2.45) is 0 Å². The number of anilines is 3. The average molecular weight is 466 g/mol. The van der Waals surface area contributed by atoms with Crippen LogP contribution >= 0.6 is 0 Å². The van der Waals surface area contributed by atoms with E-state index < -0.39 is 9.73 Å². The van der Waals surface area contributed by atoms with E-state index in [1.54, 1.807) is 30.5 Å². The van der Waals surface area contributed by atoms with E-state index >= 15 is 0 Å². The lowest BCUT2D eigenvalue weighted by molar-refractivity contribution is 0.281. The van der Waals surface area contributed by atoms with E-state index in [4.69, 9.17) is 9.52 Å². The van der Waals surface area contributed by atoms with Crippen LogP contribution in [0.5, 0.6) is 5.75 Å². The van der Waals surface area contributed by atoms with Crippen molar-refractivity contribution in [3.8, 4) is 17.6 Å². The van der Waals surface area contributed by atoms with E-state index in [9.17, 15) is 9.32 Å². The molecule has 0 amide bonds. The molecule has 0 aliphatic heterocycles. The third-order valence-corrected chi connectivity index (χ3v) is 5.68. The summed E-state index contributed by atoms with van der Waals surface area (Å²) in [5, 5.41) is 15.7. The summed E-state index contributed by atoms with van der Waals surface area (Å²) < 4.78 is 25.0. The highest BCUT2D eigenvalue weighted by Gasteiger charge is 2.10. The number of benzene rings is 2. The van der Waals surface area contributed by atoms with E-state index in [2.05, 4.69) is 32.4 Å². The van der Waals surface area contributed by atoms with Crippen LogP contribution in [-0.4, -0.2) is 44.8 Å². The minimum absolute atomic E-state index is 0.0661. The number of hydrogen-bond donors (Lipinski definition) is 4. The van der Waals surface area contributed by atoms with Crippen molar-refractivity contribution in [2.75, 3.05) is 30.1 Å². The Kier molecular flexibility index (Phi) is 7.87. The maximum Gasteiger partial charge on any atom is 0.229 e. The molecule has 33 heavy (non-hydrogen) atoms. The lowest BCUT2D eigenvalue weighted by Crippen LogP contribution is -2.21. The highest BCUT2D eigenvalue weighted by Crippen LogP contribution is 2.20. The summed E-state index contributed by atoms with van der Waals surface area (Å²) in [5.74, 6) is 7.80. The number of aliphatic hydroxyl groups is 1. The van der Waals surface area contributed by atoms with Gasteiger partial charge >= 0.3 is 0 Å². The van der Waals surface area contributed by atoms with Crippen molar-refractivity contribution in [3.63, 3.8) is 0 Å². The van der Waals surface area contributed by atoms with Gasteiger partial charge in [0.1, 0.15) is 11.6 Å². The first-order valence-electron chi connectivity index (χ1n) is 10.4. The van der Waals surface area contributed by atoms with Crippen LogP contribution in [0.2, 0.25) is 0 Å². The highest BCUT2D eigenvalue weighted by atomic mass is 32.2. The van der Waals surface area contributed by atoms with Crippen LogP contribution in [0.1, 0.15) is 25.0 Å². The SMILES string of the molecule is CCOc1ccc(C#Cc2cnc(Nc3ccc(S(C)(=N)=O)cc3)nc2NC(C)CO)cc1. The molecule has 0 saturated carbocycles. The van der Waals surface area contributed by atoms with E-state index in [0.29, 0.717) is 34.5 Å². The normalized spacial score (nSPS) is 13.2. The monoisotopic (exact) mass is 465 g/mol. The lowest BCUT2D eigenvalue weighted by Gasteiger charge is -2.14. The topological polar surface area (TPSA) is 120 Å². The van der Waals surface area contributed by atoms with Gasteiger partial charge in [0.2, 0.25) is 5.95 Å². The van der Waals surface area contributed by atoms with Crippen LogP contribution in [0.15, 0.2) is 59.6 Å². The summed E-state index contributed by atoms with van der Waals surface area (Å²) in [7, 11) is -2.77. The molecule has 8 nitrogen and oxygen atoms in total. The minimum Gasteiger partial charge on any atom is -0.494 e. The van der Waals surface area contributed by atoms with E-state index in [-0.39, 0.29) is 12.6 Å². The number of rotatable bonds is 8. The third kappa shape index (κ3) is 6.94. The Balaban J connectivity index is 1.85. The number of hydrogen-bond acceptors (Lipinski definition) is 8. The summed E-state index contributed by atoms with van der Waals surface area (Å²) >= 11 is 0. The molecular formula is C24H27N5O3S. The molecule has 1 heterocycles. The minimum atomic E-state index is -2.77. The van der Waals surface area contributed by atoms with Crippen molar-refractivity contribution in [3.05, 3.63) is 65.9 Å². The highest BCUT2D eigenvalue weighted by molar-refractivity contribution is 7.91. The Morgan fingerprint density at radius 3 is 2.45 bits per heavy atom. The molecule has 0 fully saturated rings. The van der Waals surface area contributed by atoms with Gasteiger partial charge in [0.25, 0.3) is 0 Å². The fourth-order valence-electron chi connectivity index (χ4n) is 2.79. The molecule has 0 radical (unpaired) electrons. The van der Waals surface area contributed by atoms with Crippen LogP contribution in [-0.2, 0) is 9.73 Å². The maximum atomic E-state index is 11.9. The Labute approximate surface area is 194 Å². The van der Waals surface area contributed by atoms with Gasteiger partial charge in [-0.15, -0.1) is 0 Å². The van der Waals surface area contributed by atoms with Crippen LogP contribution in [0.4, 0.5) is 17.5 Å². The smallest absolute Gasteiger partial charge is 0.229 e. The van der Waals surface area contributed by atoms with Gasteiger partial charge in [0, 0.05) is 28.4 Å². The number of ether oxygens (including phenoxy) is 1. The van der Waals surface area contributed by atoms with Crippen LogP contribution in [0.25, 0.3) is 0 Å². The van der Waals surface area contributed by atoms with Crippen molar-refractivity contribution < 1.29 is 14.1 Å². The summed E-state index contributed by atoms with van der Waals surface area (Å²) in [4.78, 5) is 9.32. The summed E-state index contributed by atoms with van der Waals surface area (Å²) in [5.41, 5.74) is 2.10. The van der Waals surface area contributed by atoms with Crippen molar-refractivity contribution in [1.29, 1.82) is 4.78 Å². The summed E-state index contributed by atoms with van der Waals surface area (Å²) in [6.45, 7) is 4.31. The average Bonchev–Trinajstić information content (AvgIpc) is 2.79. The van der Waals surface area contributed by atoms with Gasteiger partial charge in [-0.25, -0.2) is 14.0 Å². The van der Waals surface area contributed by atoms with Gasteiger partial charge in [-0.1, -0.05) is 11.8 Å². The van der Waals surface area contributed by atoms with Crippen LogP contribution < -0.4 is 15.4 Å². The van der Waals surface area contributed by atoms with Crippen LogP contribution in [0, 0.1) is 16.6 Å². The van der Waals surface area contributed by atoms with Gasteiger partial charge in [-0.3, -0.25) is 0 Å². The molecule has 9 heteroatoms. The zero-order valence-electron chi connectivity index (χ0n) is 18.8. The first kappa shape index (κ1) is 24.0. The Morgan fingerprint density at radius 1 is 1.15 bits per heavy atom. The molecule has 0 saturated heterocycles. The fourth-order valence-corrected chi connectivity index (χ4v) is 3.45. The number of nitrogens with one attached hydrogen (secondary N) is 3. The number of aromatic nitrogens is 2. The van der Waals surface area contributed by atoms with Crippen molar-refractivity contribution >= 4 is 27.2 Å². The van der Waals surface area contributed by atoms with Crippen molar-refractivity contribution in [1.82, 2.24) is 9.97 Å². The zero-order chi connectivity index (χ0) is 23.8. The predicted molar refractivity (Wildman–Crippen MR) is 131 cm³/mol. The summed E-state index contributed by atoms with van der Waals surface area (Å²) in [6, 6.07) is 14.0. The quantitative estimate of drug-likeness (QED) is 0.373. The fraction of sp³-hybridized carbons (Fsp3) is 0.250. The van der Waals surface area contributed by atoms with Crippen molar-refractivity contribution in [2.45, 2.75) is 24.8 Å². The predicted octanol–water partition coefficient (Wildman–Crippen LogP) is 3.85. The van der Waals surface area contributed by atoms with Gasteiger partial charge in [-0.05, 0) is 62.4 Å². The van der Waals surface area contributed by atoms with Gasteiger partial charge < -0.3 is 20.5 Å². The molecule has 0 aliphatic rings. The number of aliphatic hydroxyl groups excluding tert-OH is 1. The van der Waals surface area contributed by atoms with Gasteiger partial charge in [0.05, 0.1) is 34.7 Å². The van der Waals surface area contributed by atoms with E-state index in [1.807, 2.05) is 38.1 Å². The maximum absolute atomic E-state index is 11.9. The Bertz CT molecular complexity index is 1250. The molecule has 2 aromatic carbocycles. The molecule has 2 unspecified atom stereocenters. The molecule has 0 spiro atoms. The molecule has 1 aromatic heterocycles. The molecule has 0 aliphatic carbocycles. The largest absolute Gasteiger partial charge is 0.494 e. The standard InChI is InChI=1S/C24H27N5O3S/c1-4-32-21-11-6-18(7-12-21)5-8-19-15-26-24(29-23(19)27-17(2)16-30)28-20-9-13-22(14-10-20)33(3,25)31/h6-7,9-15,17,25,30H,4,16H2,1-3H3,(H2,26,27,28,29). The molecule has 172 valence electrons. The van der Waals surface area contributed by atoms with Gasteiger partial charge in [0.15, 0.2) is 0 Å². The second-order valence-electron chi connectivity index (χ2n) is 7.38. The third-order valence-electron chi connectivity index (χ3n) is 4.51. The Hall–Kier alpha value is -3.61. The second-order valence-corrected chi connectivity index (χ2v) is 9.54.